The van der Waals surface area contributed by atoms with Crippen molar-refractivity contribution >= 4 is 11.6 Å². The van der Waals surface area contributed by atoms with Crippen molar-refractivity contribution < 1.29 is 4.39 Å². The van der Waals surface area contributed by atoms with Crippen LogP contribution < -0.4 is 5.73 Å². The van der Waals surface area contributed by atoms with Gasteiger partial charge in [0.1, 0.15) is 5.82 Å². The van der Waals surface area contributed by atoms with Crippen LogP contribution in [0.25, 0.3) is 0 Å². The Hall–Kier alpha value is -1.38. The molecule has 1 atom stereocenters. The molecule has 2 N–H and O–H groups in total. The Labute approximate surface area is 111 Å². The zero-order valence-corrected chi connectivity index (χ0v) is 10.7. The molecule has 0 aromatic heterocycles. The van der Waals surface area contributed by atoms with Crippen molar-refractivity contribution in [3.8, 4) is 0 Å². The molecule has 0 aliphatic rings. The van der Waals surface area contributed by atoms with Crippen molar-refractivity contribution in [3.63, 3.8) is 0 Å². The first-order valence-corrected chi connectivity index (χ1v) is 6.26. The van der Waals surface area contributed by atoms with E-state index < -0.39 is 5.82 Å². The Kier molecular flexibility index (Phi) is 4.34. The fraction of sp³-hybridized carbons (Fsp3) is 0.200. The smallest absolute Gasteiger partial charge is 0.141 e. The van der Waals surface area contributed by atoms with E-state index >= 15 is 0 Å². The summed E-state index contributed by atoms with van der Waals surface area (Å²) in [7, 11) is 0. The van der Waals surface area contributed by atoms with Gasteiger partial charge in [-0.15, -0.1) is 0 Å². The van der Waals surface area contributed by atoms with Crippen LogP contribution in [0.5, 0.6) is 0 Å². The van der Waals surface area contributed by atoms with Crippen LogP contribution >= 0.6 is 11.6 Å². The Morgan fingerprint density at radius 3 is 2.33 bits per heavy atom. The lowest BCUT2D eigenvalue weighted by Crippen LogP contribution is -2.25. The first kappa shape index (κ1) is 13.1. The van der Waals surface area contributed by atoms with Crippen LogP contribution in [0.4, 0.5) is 4.39 Å². The van der Waals surface area contributed by atoms with Gasteiger partial charge in [-0.05, 0) is 36.1 Å². The number of rotatable bonds is 4. The summed E-state index contributed by atoms with van der Waals surface area (Å²) in [6, 6.07) is 14.8. The van der Waals surface area contributed by atoms with E-state index in [4.69, 9.17) is 17.3 Å². The molecule has 0 saturated carbocycles. The van der Waals surface area contributed by atoms with Crippen molar-refractivity contribution in [2.45, 2.75) is 18.9 Å². The molecule has 2 aromatic rings. The monoisotopic (exact) mass is 263 g/mol. The molecule has 0 spiro atoms. The molecule has 18 heavy (non-hydrogen) atoms. The molecule has 0 amide bonds. The van der Waals surface area contributed by atoms with Gasteiger partial charge in [0, 0.05) is 6.04 Å². The third-order valence-electron chi connectivity index (χ3n) is 2.82. The molecule has 94 valence electrons. The van der Waals surface area contributed by atoms with Crippen LogP contribution in [0.3, 0.4) is 0 Å². The van der Waals surface area contributed by atoms with Gasteiger partial charge < -0.3 is 5.73 Å². The maximum Gasteiger partial charge on any atom is 0.141 e. The summed E-state index contributed by atoms with van der Waals surface area (Å²) < 4.78 is 13.0. The molecule has 0 radical (unpaired) electrons. The van der Waals surface area contributed by atoms with Crippen molar-refractivity contribution in [2.24, 2.45) is 5.73 Å². The Morgan fingerprint density at radius 1 is 1.00 bits per heavy atom. The maximum absolute atomic E-state index is 13.0. The van der Waals surface area contributed by atoms with Gasteiger partial charge in [-0.2, -0.15) is 0 Å². The summed E-state index contributed by atoms with van der Waals surface area (Å²) in [6.07, 6.45) is 1.49. The van der Waals surface area contributed by atoms with Gasteiger partial charge in [-0.3, -0.25) is 0 Å². The topological polar surface area (TPSA) is 26.0 Å². The highest BCUT2D eigenvalue weighted by Crippen LogP contribution is 2.17. The summed E-state index contributed by atoms with van der Waals surface area (Å²) >= 11 is 5.74. The molecule has 2 rings (SSSR count). The zero-order chi connectivity index (χ0) is 13.0. The highest BCUT2D eigenvalue weighted by Gasteiger charge is 2.07. The van der Waals surface area contributed by atoms with E-state index in [9.17, 15) is 4.39 Å². The molecule has 0 fully saturated rings. The molecule has 0 bridgehead atoms. The molecule has 2 aromatic carbocycles. The third kappa shape index (κ3) is 3.56. The summed E-state index contributed by atoms with van der Waals surface area (Å²) in [5, 5.41) is 0.152. The standard InChI is InChI=1S/C15H15ClFN/c16-14-10-12(6-7-15(14)17)9-13(18)8-11-4-2-1-3-5-11/h1-7,10,13H,8-9,18H2. The van der Waals surface area contributed by atoms with E-state index in [0.717, 1.165) is 12.0 Å². The van der Waals surface area contributed by atoms with Crippen molar-refractivity contribution in [1.82, 2.24) is 0 Å². The van der Waals surface area contributed by atoms with E-state index in [-0.39, 0.29) is 11.1 Å². The van der Waals surface area contributed by atoms with E-state index in [0.29, 0.717) is 6.42 Å². The number of nitrogens with two attached hydrogens (primary N) is 1. The van der Waals surface area contributed by atoms with Gasteiger partial charge in [-0.25, -0.2) is 4.39 Å². The summed E-state index contributed by atoms with van der Waals surface area (Å²) in [4.78, 5) is 0. The number of halogens is 2. The van der Waals surface area contributed by atoms with Crippen LogP contribution in [-0.4, -0.2) is 6.04 Å². The van der Waals surface area contributed by atoms with Gasteiger partial charge in [0.25, 0.3) is 0 Å². The maximum atomic E-state index is 13.0. The minimum atomic E-state index is -0.392. The fourth-order valence-corrected chi connectivity index (χ4v) is 2.16. The zero-order valence-electron chi connectivity index (χ0n) is 9.94. The Bertz CT molecular complexity index is 513. The molecule has 0 saturated heterocycles. The SMILES string of the molecule is NC(Cc1ccccc1)Cc1ccc(F)c(Cl)c1. The van der Waals surface area contributed by atoms with Gasteiger partial charge >= 0.3 is 0 Å². The van der Waals surface area contributed by atoms with Crippen LogP contribution in [-0.2, 0) is 12.8 Å². The largest absolute Gasteiger partial charge is 0.327 e. The second-order valence-corrected chi connectivity index (χ2v) is 4.81. The average Bonchev–Trinajstić information content (AvgIpc) is 2.35. The fourth-order valence-electron chi connectivity index (χ4n) is 1.96. The van der Waals surface area contributed by atoms with Crippen LogP contribution in [0.1, 0.15) is 11.1 Å². The van der Waals surface area contributed by atoms with Gasteiger partial charge in [-0.1, -0.05) is 48.0 Å². The van der Waals surface area contributed by atoms with Gasteiger partial charge in [0.15, 0.2) is 0 Å². The highest BCUT2D eigenvalue weighted by molar-refractivity contribution is 6.30. The quantitative estimate of drug-likeness (QED) is 0.896. The van der Waals surface area contributed by atoms with Gasteiger partial charge in [0.05, 0.1) is 5.02 Å². The molecule has 1 nitrogen and oxygen atoms in total. The molecule has 1 unspecified atom stereocenters. The lowest BCUT2D eigenvalue weighted by Gasteiger charge is -2.12. The molecule has 0 heterocycles. The van der Waals surface area contributed by atoms with E-state index in [2.05, 4.69) is 12.1 Å². The van der Waals surface area contributed by atoms with E-state index in [1.54, 1.807) is 12.1 Å². The van der Waals surface area contributed by atoms with Crippen molar-refractivity contribution in [3.05, 3.63) is 70.5 Å². The second kappa shape index (κ2) is 5.98. The van der Waals surface area contributed by atoms with E-state index in [1.165, 1.54) is 11.6 Å². The molecule has 0 aliphatic carbocycles. The minimum absolute atomic E-state index is 0.00827. The number of hydrogen-bond acceptors (Lipinski definition) is 1. The van der Waals surface area contributed by atoms with Crippen LogP contribution in [0, 0.1) is 5.82 Å². The first-order valence-electron chi connectivity index (χ1n) is 5.88. The molecule has 3 heteroatoms. The van der Waals surface area contributed by atoms with Gasteiger partial charge in [0.2, 0.25) is 0 Å². The second-order valence-electron chi connectivity index (χ2n) is 4.40. The summed E-state index contributed by atoms with van der Waals surface area (Å²) in [5.41, 5.74) is 8.26. The van der Waals surface area contributed by atoms with Crippen LogP contribution in [0.2, 0.25) is 5.02 Å². The Morgan fingerprint density at radius 2 is 1.67 bits per heavy atom. The molecular formula is C15H15ClFN. The predicted octanol–water partition coefficient (Wildman–Crippen LogP) is 3.59. The minimum Gasteiger partial charge on any atom is -0.327 e. The third-order valence-corrected chi connectivity index (χ3v) is 3.11. The summed E-state index contributed by atoms with van der Waals surface area (Å²) in [5.74, 6) is -0.392. The average molecular weight is 264 g/mol. The lowest BCUT2D eigenvalue weighted by molar-refractivity contribution is 0.624. The van der Waals surface area contributed by atoms with Crippen molar-refractivity contribution in [1.29, 1.82) is 0 Å². The summed E-state index contributed by atoms with van der Waals surface area (Å²) in [6.45, 7) is 0. The normalized spacial score (nSPS) is 12.4. The predicted molar refractivity (Wildman–Crippen MR) is 73.2 cm³/mol. The number of hydrogen-bond donors (Lipinski definition) is 1. The lowest BCUT2D eigenvalue weighted by atomic mass is 10.00. The van der Waals surface area contributed by atoms with Crippen molar-refractivity contribution in [2.75, 3.05) is 0 Å². The molecule has 0 aliphatic heterocycles. The van der Waals surface area contributed by atoms with Crippen LogP contribution in [0.15, 0.2) is 48.5 Å². The highest BCUT2D eigenvalue weighted by atomic mass is 35.5. The van der Waals surface area contributed by atoms with E-state index in [1.807, 2.05) is 18.2 Å². The Balaban J connectivity index is 1.99. The first-order chi connectivity index (χ1) is 8.65. The molecular weight excluding hydrogens is 249 g/mol. The number of benzene rings is 2.